The molecule has 0 fully saturated rings. The molecule has 2 aromatic carbocycles. The molecule has 0 unspecified atom stereocenters. The Balaban J connectivity index is 2.27. The maximum Gasteiger partial charge on any atom is 0.255 e. The van der Waals surface area contributed by atoms with Crippen LogP contribution in [0.2, 0.25) is 5.02 Å². The number of rotatable bonds is 4. The van der Waals surface area contributed by atoms with E-state index in [1.807, 2.05) is 25.1 Å². The van der Waals surface area contributed by atoms with Crippen molar-refractivity contribution in [2.45, 2.75) is 13.5 Å². The first kappa shape index (κ1) is 15.2. The minimum absolute atomic E-state index is 0.0121. The van der Waals surface area contributed by atoms with E-state index < -0.39 is 0 Å². The number of carbonyl (C=O) groups excluding carboxylic acids is 1. The van der Waals surface area contributed by atoms with E-state index in [1.54, 1.807) is 11.0 Å². The summed E-state index contributed by atoms with van der Waals surface area (Å²) in [6, 6.07) is 11.7. The average Bonchev–Trinajstić information content (AvgIpc) is 2.48. The normalized spacial score (nSPS) is 10.4. The lowest BCUT2D eigenvalue weighted by atomic mass is 10.1. The van der Waals surface area contributed by atoms with Gasteiger partial charge in [0.15, 0.2) is 0 Å². The third-order valence-corrected chi connectivity index (χ3v) is 3.60. The molecule has 0 saturated carbocycles. The van der Waals surface area contributed by atoms with Crippen molar-refractivity contribution in [3.05, 3.63) is 58.6 Å². The number of aromatic hydroxyl groups is 1. The van der Waals surface area contributed by atoms with Crippen LogP contribution in [0.25, 0.3) is 0 Å². The molecule has 0 aliphatic rings. The third-order valence-electron chi connectivity index (χ3n) is 3.27. The van der Waals surface area contributed by atoms with Crippen LogP contribution in [0.5, 0.6) is 5.75 Å². The van der Waals surface area contributed by atoms with Crippen molar-refractivity contribution in [3.8, 4) is 5.75 Å². The van der Waals surface area contributed by atoms with Crippen LogP contribution in [0.1, 0.15) is 22.8 Å². The van der Waals surface area contributed by atoms with Crippen molar-refractivity contribution in [2.24, 2.45) is 0 Å². The number of hydrogen-bond acceptors (Lipinski definition) is 3. The van der Waals surface area contributed by atoms with Gasteiger partial charge in [-0.25, -0.2) is 0 Å². The highest BCUT2D eigenvalue weighted by Crippen LogP contribution is 2.24. The van der Waals surface area contributed by atoms with Gasteiger partial charge in [-0.15, -0.1) is 0 Å². The number of amides is 1. The van der Waals surface area contributed by atoms with Crippen LogP contribution in [0.15, 0.2) is 42.5 Å². The molecule has 0 bridgehead atoms. The van der Waals surface area contributed by atoms with Gasteiger partial charge in [-0.2, -0.15) is 0 Å². The van der Waals surface area contributed by atoms with E-state index >= 15 is 0 Å². The summed E-state index contributed by atoms with van der Waals surface area (Å²) in [6.07, 6.45) is 0. The minimum atomic E-state index is -0.235. The SMILES string of the molecule is CCN(Cc1ccccc1N)C(=O)c1cc(O)ccc1Cl. The number of para-hydroxylation sites is 1. The van der Waals surface area contributed by atoms with Crippen molar-refractivity contribution in [1.82, 2.24) is 4.90 Å². The van der Waals surface area contributed by atoms with Gasteiger partial charge in [0.05, 0.1) is 10.6 Å². The van der Waals surface area contributed by atoms with Crippen LogP contribution in [0, 0.1) is 0 Å². The Hall–Kier alpha value is -2.20. The zero-order valence-corrected chi connectivity index (χ0v) is 12.5. The van der Waals surface area contributed by atoms with Gasteiger partial charge in [0.1, 0.15) is 5.75 Å². The standard InChI is InChI=1S/C16H17ClN2O2/c1-2-19(10-11-5-3-4-6-15(11)18)16(21)13-9-12(20)7-8-14(13)17/h3-9,20H,2,10,18H2,1H3. The third kappa shape index (κ3) is 3.47. The minimum Gasteiger partial charge on any atom is -0.508 e. The maximum atomic E-state index is 12.6. The van der Waals surface area contributed by atoms with Gasteiger partial charge in [0, 0.05) is 18.8 Å². The Labute approximate surface area is 128 Å². The fourth-order valence-electron chi connectivity index (χ4n) is 2.06. The zero-order chi connectivity index (χ0) is 15.4. The molecule has 110 valence electrons. The second kappa shape index (κ2) is 6.50. The number of carbonyl (C=O) groups is 1. The van der Waals surface area contributed by atoms with Gasteiger partial charge in [-0.1, -0.05) is 29.8 Å². The lowest BCUT2D eigenvalue weighted by Gasteiger charge is -2.22. The lowest BCUT2D eigenvalue weighted by Crippen LogP contribution is -2.30. The molecule has 0 atom stereocenters. The molecule has 0 aromatic heterocycles. The molecular formula is C16H17ClN2O2. The summed E-state index contributed by atoms with van der Waals surface area (Å²) < 4.78 is 0. The van der Waals surface area contributed by atoms with Gasteiger partial charge >= 0.3 is 0 Å². The van der Waals surface area contributed by atoms with Crippen LogP contribution >= 0.6 is 11.6 Å². The molecule has 0 aliphatic heterocycles. The highest BCUT2D eigenvalue weighted by atomic mass is 35.5. The molecule has 2 aromatic rings. The highest BCUT2D eigenvalue weighted by molar-refractivity contribution is 6.33. The van der Waals surface area contributed by atoms with Crippen LogP contribution in [0.4, 0.5) is 5.69 Å². The summed E-state index contributed by atoms with van der Waals surface area (Å²) in [7, 11) is 0. The topological polar surface area (TPSA) is 66.6 Å². The largest absolute Gasteiger partial charge is 0.508 e. The summed E-state index contributed by atoms with van der Waals surface area (Å²) in [5.41, 5.74) is 7.72. The highest BCUT2D eigenvalue weighted by Gasteiger charge is 2.18. The van der Waals surface area contributed by atoms with Crippen LogP contribution in [-0.4, -0.2) is 22.5 Å². The van der Waals surface area contributed by atoms with Crippen LogP contribution in [0.3, 0.4) is 0 Å². The van der Waals surface area contributed by atoms with E-state index in [0.717, 1.165) is 5.56 Å². The second-order valence-electron chi connectivity index (χ2n) is 4.68. The Bertz CT molecular complexity index is 658. The molecule has 21 heavy (non-hydrogen) atoms. The number of phenols is 1. The number of nitrogen functional groups attached to an aromatic ring is 1. The van der Waals surface area contributed by atoms with Crippen LogP contribution < -0.4 is 5.73 Å². The van der Waals surface area contributed by atoms with E-state index in [9.17, 15) is 9.90 Å². The van der Waals surface area contributed by atoms with Crippen molar-refractivity contribution >= 4 is 23.2 Å². The molecule has 3 N–H and O–H groups in total. The fourth-order valence-corrected chi connectivity index (χ4v) is 2.26. The maximum absolute atomic E-state index is 12.6. The summed E-state index contributed by atoms with van der Waals surface area (Å²) in [6.45, 7) is 2.79. The first-order valence-corrected chi connectivity index (χ1v) is 7.02. The quantitative estimate of drug-likeness (QED) is 0.852. The zero-order valence-electron chi connectivity index (χ0n) is 11.7. The number of anilines is 1. The van der Waals surface area contributed by atoms with Gasteiger partial charge in [-0.05, 0) is 36.8 Å². The molecule has 0 radical (unpaired) electrons. The molecule has 0 saturated heterocycles. The first-order valence-electron chi connectivity index (χ1n) is 6.64. The number of phenolic OH excluding ortho intramolecular Hbond substituents is 1. The second-order valence-corrected chi connectivity index (χ2v) is 5.09. The number of hydrogen-bond donors (Lipinski definition) is 2. The number of nitrogens with two attached hydrogens (primary N) is 1. The Kier molecular flexibility index (Phi) is 4.70. The van der Waals surface area contributed by atoms with E-state index in [4.69, 9.17) is 17.3 Å². The smallest absolute Gasteiger partial charge is 0.255 e. The van der Waals surface area contributed by atoms with Gasteiger partial charge in [0.2, 0.25) is 0 Å². The van der Waals surface area contributed by atoms with Gasteiger partial charge < -0.3 is 15.7 Å². The number of benzene rings is 2. The van der Waals surface area contributed by atoms with E-state index in [2.05, 4.69) is 0 Å². The molecular weight excluding hydrogens is 288 g/mol. The Morgan fingerprint density at radius 2 is 2.00 bits per heavy atom. The average molecular weight is 305 g/mol. The molecule has 0 aliphatic carbocycles. The van der Waals surface area contributed by atoms with Crippen molar-refractivity contribution in [1.29, 1.82) is 0 Å². The Morgan fingerprint density at radius 3 is 2.67 bits per heavy atom. The van der Waals surface area contributed by atoms with E-state index in [1.165, 1.54) is 18.2 Å². The molecule has 2 rings (SSSR count). The van der Waals surface area contributed by atoms with Crippen molar-refractivity contribution < 1.29 is 9.90 Å². The van der Waals surface area contributed by atoms with Crippen LogP contribution in [-0.2, 0) is 6.54 Å². The Morgan fingerprint density at radius 1 is 1.29 bits per heavy atom. The predicted molar refractivity (Wildman–Crippen MR) is 84.4 cm³/mol. The monoisotopic (exact) mass is 304 g/mol. The lowest BCUT2D eigenvalue weighted by molar-refractivity contribution is 0.0752. The van der Waals surface area contributed by atoms with Crippen molar-refractivity contribution in [2.75, 3.05) is 12.3 Å². The van der Waals surface area contributed by atoms with Gasteiger partial charge in [0.25, 0.3) is 5.91 Å². The summed E-state index contributed by atoms with van der Waals surface area (Å²) in [4.78, 5) is 14.2. The molecule has 0 spiro atoms. The summed E-state index contributed by atoms with van der Waals surface area (Å²) >= 11 is 6.04. The van der Waals surface area contributed by atoms with Gasteiger partial charge in [-0.3, -0.25) is 4.79 Å². The summed E-state index contributed by atoms with van der Waals surface area (Å²) in [5, 5.41) is 9.84. The molecule has 4 nitrogen and oxygen atoms in total. The number of halogens is 1. The van der Waals surface area contributed by atoms with Crippen molar-refractivity contribution in [3.63, 3.8) is 0 Å². The molecule has 5 heteroatoms. The van der Waals surface area contributed by atoms with E-state index in [-0.39, 0.29) is 17.2 Å². The fraction of sp³-hybridized carbons (Fsp3) is 0.188. The molecule has 1 amide bonds. The molecule has 0 heterocycles. The predicted octanol–water partition coefficient (Wildman–Crippen LogP) is 3.29. The first-order chi connectivity index (χ1) is 10.0. The number of nitrogens with zero attached hydrogens (tertiary/aromatic N) is 1. The van der Waals surface area contributed by atoms with E-state index in [0.29, 0.717) is 23.8 Å². The summed E-state index contributed by atoms with van der Waals surface area (Å²) in [5.74, 6) is -0.223.